The zero-order chi connectivity index (χ0) is 25.1. The average molecular weight is 613 g/mol. The van der Waals surface area contributed by atoms with Crippen LogP contribution in [0.5, 0.6) is 0 Å². The van der Waals surface area contributed by atoms with Gasteiger partial charge in [0.2, 0.25) is 0 Å². The van der Waals surface area contributed by atoms with Gasteiger partial charge in [-0.2, -0.15) is 77.4 Å². The maximum Gasteiger partial charge on any atom is -0.0253 e. The first kappa shape index (κ1) is 37.6. The molecule has 2 aliphatic rings. The predicted molar refractivity (Wildman–Crippen MR) is 165 cm³/mol. The Morgan fingerprint density at radius 2 is 1.51 bits per heavy atom. The smallest absolute Gasteiger partial charge is 0.0253 e. The molecule has 200 valence electrons. The minimum Gasteiger partial charge on any atom is -0.358 e. The molecule has 0 saturated carbocycles. The molecule has 0 N–H and O–H groups in total. The Bertz CT molecular complexity index is 1060. The van der Waals surface area contributed by atoms with Gasteiger partial charge in [0.25, 0.3) is 0 Å². The maximum atomic E-state index is 3.48. The van der Waals surface area contributed by atoms with Crippen LogP contribution < -0.4 is 0 Å². The Morgan fingerprint density at radius 3 is 2.03 bits per heavy atom. The molecule has 3 aromatic rings. The number of fused-ring (bicyclic) bond motifs is 3. The molecule has 0 spiro atoms. The second-order valence-corrected chi connectivity index (χ2v) is 9.57. The van der Waals surface area contributed by atoms with Crippen LogP contribution in [0.15, 0.2) is 84.0 Å². The number of benzene rings is 3. The monoisotopic (exact) mass is 610 g/mol. The molecule has 37 heavy (non-hydrogen) atoms. The SMILES string of the molecule is CCC1=[C-]C(C)C=C1C(C)(C)C.Cc1cc[c-]cc1.Cl.Cl.[CH2]=[Zr].[CH3-].[c-]1cccc2c1Cc1ccccc1-2. The van der Waals surface area contributed by atoms with Crippen LogP contribution in [0.1, 0.15) is 57.7 Å². The number of rotatable bonds is 1. The van der Waals surface area contributed by atoms with Gasteiger partial charge < -0.3 is 7.43 Å². The standard InChI is InChI=1S/C13H9.C12H19.C7H7.CH3.CH2.2ClH.Zr/c1-3-7-12-10(5-1)9-11-6-2-4-8-13(11)12;1-6-10-7-9(2)8-11(10)12(3,4)5;1-7-5-3-2-4-6-7;;;;;/h1-5,7-8H,9H2;8-9H,6H2,1-5H3;3-6H,1H3;1H3;1H2;2*1H;/q4*-1;;;;. The van der Waals surface area contributed by atoms with E-state index in [1.54, 1.807) is 0 Å². The van der Waals surface area contributed by atoms with Gasteiger partial charge in [0, 0.05) is 0 Å². The largest absolute Gasteiger partial charge is 0.358 e. The Hall–Kier alpha value is -1.53. The second kappa shape index (κ2) is 18.7. The first-order valence-electron chi connectivity index (χ1n) is 12.0. The van der Waals surface area contributed by atoms with Crippen molar-refractivity contribution in [2.75, 3.05) is 0 Å². The summed E-state index contributed by atoms with van der Waals surface area (Å²) in [4.78, 5) is 0. The summed E-state index contributed by atoms with van der Waals surface area (Å²) in [5.41, 5.74) is 10.0. The van der Waals surface area contributed by atoms with Crippen molar-refractivity contribution in [3.63, 3.8) is 0 Å². The zero-order valence-electron chi connectivity index (χ0n) is 23.4. The molecule has 0 fully saturated rings. The molecule has 0 saturated heterocycles. The fourth-order valence-electron chi connectivity index (χ4n) is 4.21. The van der Waals surface area contributed by atoms with E-state index in [1.807, 2.05) is 30.3 Å². The third-order valence-electron chi connectivity index (χ3n) is 5.81. The summed E-state index contributed by atoms with van der Waals surface area (Å²) < 4.78 is 3.34. The van der Waals surface area contributed by atoms with Crippen molar-refractivity contribution >= 4 is 29.0 Å². The van der Waals surface area contributed by atoms with Crippen LogP contribution in [0.3, 0.4) is 0 Å². The minimum atomic E-state index is 0. The van der Waals surface area contributed by atoms with Crippen LogP contribution in [-0.4, -0.2) is 4.21 Å². The summed E-state index contributed by atoms with van der Waals surface area (Å²) >= 11 is 1.30. The Labute approximate surface area is 254 Å². The van der Waals surface area contributed by atoms with E-state index in [1.165, 1.54) is 63.2 Å². The summed E-state index contributed by atoms with van der Waals surface area (Å²) in [5.74, 6) is 0.522. The molecule has 1 unspecified atom stereocenters. The van der Waals surface area contributed by atoms with E-state index in [-0.39, 0.29) is 32.2 Å². The summed E-state index contributed by atoms with van der Waals surface area (Å²) in [6.45, 7) is 13.3. The Morgan fingerprint density at radius 1 is 0.919 bits per heavy atom. The predicted octanol–water partition coefficient (Wildman–Crippen LogP) is 9.86. The average Bonchev–Trinajstić information content (AvgIpc) is 3.42. The third kappa shape index (κ3) is 11.4. The molecule has 0 aliphatic heterocycles. The van der Waals surface area contributed by atoms with E-state index in [0.29, 0.717) is 11.3 Å². The molecule has 3 heteroatoms. The number of hydrogen-bond donors (Lipinski definition) is 0. The Balaban J connectivity index is 0. The van der Waals surface area contributed by atoms with Crippen LogP contribution >= 0.6 is 24.8 Å². The number of hydrogen-bond acceptors (Lipinski definition) is 0. The van der Waals surface area contributed by atoms with Crippen molar-refractivity contribution in [3.8, 4) is 11.1 Å². The first-order chi connectivity index (χ1) is 16.3. The van der Waals surface area contributed by atoms with Gasteiger partial charge in [0.05, 0.1) is 0 Å². The molecular weight excluding hydrogens is 571 g/mol. The van der Waals surface area contributed by atoms with Gasteiger partial charge in [-0.05, 0) is 6.42 Å². The van der Waals surface area contributed by atoms with Crippen molar-refractivity contribution in [1.82, 2.24) is 0 Å². The fraction of sp³-hybridized carbons (Fsp3) is 0.294. The van der Waals surface area contributed by atoms with Gasteiger partial charge in [-0.3, -0.25) is 6.08 Å². The Kier molecular flexibility index (Phi) is 19.0. The van der Waals surface area contributed by atoms with Gasteiger partial charge in [-0.15, -0.1) is 30.4 Å². The van der Waals surface area contributed by atoms with Crippen molar-refractivity contribution in [1.29, 1.82) is 0 Å². The number of allylic oxidation sites excluding steroid dienone is 4. The topological polar surface area (TPSA) is 0 Å². The third-order valence-corrected chi connectivity index (χ3v) is 5.81. The quantitative estimate of drug-likeness (QED) is 0.188. The molecule has 5 rings (SSSR count). The van der Waals surface area contributed by atoms with Gasteiger partial charge in [0.1, 0.15) is 0 Å². The van der Waals surface area contributed by atoms with Gasteiger partial charge in [0.15, 0.2) is 0 Å². The van der Waals surface area contributed by atoms with E-state index in [0.717, 1.165) is 12.8 Å². The van der Waals surface area contributed by atoms with Crippen LogP contribution in [0.4, 0.5) is 0 Å². The van der Waals surface area contributed by atoms with Crippen molar-refractivity contribution in [3.05, 3.63) is 126 Å². The second-order valence-electron chi connectivity index (χ2n) is 9.57. The van der Waals surface area contributed by atoms with E-state index in [2.05, 4.69) is 106 Å². The molecule has 0 amide bonds. The molecule has 0 heterocycles. The normalized spacial score (nSPS) is 13.8. The zero-order valence-corrected chi connectivity index (χ0v) is 27.5. The molecular formula is C34H42Cl2Zr-4. The molecule has 0 aromatic heterocycles. The molecule has 0 nitrogen and oxygen atoms in total. The van der Waals surface area contributed by atoms with Gasteiger partial charge >= 0.3 is 28.4 Å². The van der Waals surface area contributed by atoms with Crippen molar-refractivity contribution in [2.24, 2.45) is 11.3 Å². The summed E-state index contributed by atoms with van der Waals surface area (Å²) in [6, 6.07) is 28.9. The van der Waals surface area contributed by atoms with Crippen LogP contribution in [-0.2, 0) is 30.7 Å². The van der Waals surface area contributed by atoms with Crippen LogP contribution in [0.25, 0.3) is 11.1 Å². The number of aryl methyl sites for hydroxylation is 1. The van der Waals surface area contributed by atoms with E-state index >= 15 is 0 Å². The molecule has 0 bridgehead atoms. The summed E-state index contributed by atoms with van der Waals surface area (Å²) in [6.07, 6.45) is 8.00. The van der Waals surface area contributed by atoms with Crippen molar-refractivity contribution < 1.29 is 24.2 Å². The van der Waals surface area contributed by atoms with E-state index in [9.17, 15) is 0 Å². The van der Waals surface area contributed by atoms with E-state index < -0.39 is 0 Å². The van der Waals surface area contributed by atoms with Crippen molar-refractivity contribution in [2.45, 2.75) is 54.4 Å². The summed E-state index contributed by atoms with van der Waals surface area (Å²) in [5, 5.41) is 0. The molecule has 3 aromatic carbocycles. The number of halogens is 2. The van der Waals surface area contributed by atoms with Crippen LogP contribution in [0, 0.1) is 43.9 Å². The first-order valence-corrected chi connectivity index (χ1v) is 13.7. The van der Waals surface area contributed by atoms with Gasteiger partial charge in [-0.25, -0.2) is 5.57 Å². The molecule has 1 atom stereocenters. The molecule has 2 aliphatic carbocycles. The fourth-order valence-corrected chi connectivity index (χ4v) is 4.21. The molecule has 0 radical (unpaired) electrons. The van der Waals surface area contributed by atoms with E-state index in [4.69, 9.17) is 0 Å². The van der Waals surface area contributed by atoms with Crippen LogP contribution in [0.2, 0.25) is 0 Å². The minimum absolute atomic E-state index is 0. The van der Waals surface area contributed by atoms with Gasteiger partial charge in [-0.1, -0.05) is 94.7 Å². The summed E-state index contributed by atoms with van der Waals surface area (Å²) in [7, 11) is 0. The maximum absolute atomic E-state index is 3.48.